The number of nitrogens with one attached hydrogen (secondary N) is 1. The zero-order valence-electron chi connectivity index (χ0n) is 12.2. The first kappa shape index (κ1) is 16.9. The predicted molar refractivity (Wildman–Crippen MR) is 80.1 cm³/mol. The van der Waals surface area contributed by atoms with E-state index >= 15 is 0 Å². The SMILES string of the molecule is O=C(COc1ccccc1F)NC(CO)C(O)c1ccccn1. The molecule has 1 amide bonds. The van der Waals surface area contributed by atoms with Gasteiger partial charge < -0.3 is 20.3 Å². The van der Waals surface area contributed by atoms with Crippen molar-refractivity contribution in [3.05, 3.63) is 60.2 Å². The number of aliphatic hydroxyl groups is 2. The molecule has 23 heavy (non-hydrogen) atoms. The zero-order chi connectivity index (χ0) is 16.7. The molecule has 1 aromatic carbocycles. The summed E-state index contributed by atoms with van der Waals surface area (Å²) in [5.74, 6) is -1.22. The number of aliphatic hydroxyl groups excluding tert-OH is 2. The van der Waals surface area contributed by atoms with Crippen molar-refractivity contribution in [1.29, 1.82) is 0 Å². The first-order valence-electron chi connectivity index (χ1n) is 6.98. The topological polar surface area (TPSA) is 91.7 Å². The number of aromatic nitrogens is 1. The van der Waals surface area contributed by atoms with Crippen LogP contribution in [-0.4, -0.2) is 40.4 Å². The maximum absolute atomic E-state index is 13.4. The molecule has 122 valence electrons. The number of ether oxygens (including phenoxy) is 1. The summed E-state index contributed by atoms with van der Waals surface area (Å²) in [5.41, 5.74) is 0.321. The van der Waals surface area contributed by atoms with E-state index in [4.69, 9.17) is 4.74 Å². The minimum atomic E-state index is -1.17. The van der Waals surface area contributed by atoms with Crippen molar-refractivity contribution >= 4 is 5.91 Å². The lowest BCUT2D eigenvalue weighted by Gasteiger charge is -2.21. The molecular weight excluding hydrogens is 303 g/mol. The molecule has 0 bridgehead atoms. The van der Waals surface area contributed by atoms with Crippen LogP contribution in [0.5, 0.6) is 5.75 Å². The summed E-state index contributed by atoms with van der Waals surface area (Å²) in [7, 11) is 0. The van der Waals surface area contributed by atoms with Gasteiger partial charge in [0.1, 0.15) is 6.10 Å². The zero-order valence-corrected chi connectivity index (χ0v) is 12.2. The van der Waals surface area contributed by atoms with E-state index in [1.54, 1.807) is 24.3 Å². The smallest absolute Gasteiger partial charge is 0.258 e. The number of hydrogen-bond acceptors (Lipinski definition) is 5. The van der Waals surface area contributed by atoms with E-state index in [1.807, 2.05) is 0 Å². The first-order chi connectivity index (χ1) is 11.1. The van der Waals surface area contributed by atoms with Crippen molar-refractivity contribution in [2.24, 2.45) is 0 Å². The van der Waals surface area contributed by atoms with Crippen LogP contribution in [0.25, 0.3) is 0 Å². The van der Waals surface area contributed by atoms with Gasteiger partial charge in [0.05, 0.1) is 18.3 Å². The van der Waals surface area contributed by atoms with Gasteiger partial charge >= 0.3 is 0 Å². The van der Waals surface area contributed by atoms with Gasteiger partial charge in [-0.2, -0.15) is 0 Å². The maximum atomic E-state index is 13.4. The Balaban J connectivity index is 1.91. The largest absolute Gasteiger partial charge is 0.481 e. The van der Waals surface area contributed by atoms with E-state index in [1.165, 1.54) is 24.4 Å². The molecule has 3 N–H and O–H groups in total. The molecule has 0 radical (unpaired) electrons. The normalized spacial score (nSPS) is 13.2. The third-order valence-electron chi connectivity index (χ3n) is 3.11. The quantitative estimate of drug-likeness (QED) is 0.702. The van der Waals surface area contributed by atoms with E-state index in [-0.39, 0.29) is 5.75 Å². The van der Waals surface area contributed by atoms with Crippen molar-refractivity contribution in [1.82, 2.24) is 10.3 Å². The predicted octanol–water partition coefficient (Wildman–Crippen LogP) is 0.810. The van der Waals surface area contributed by atoms with Gasteiger partial charge in [-0.25, -0.2) is 4.39 Å². The van der Waals surface area contributed by atoms with Crippen molar-refractivity contribution in [2.75, 3.05) is 13.2 Å². The Morgan fingerprint density at radius 3 is 2.65 bits per heavy atom. The van der Waals surface area contributed by atoms with Crippen LogP contribution in [0.15, 0.2) is 48.7 Å². The lowest BCUT2D eigenvalue weighted by atomic mass is 10.1. The fourth-order valence-electron chi connectivity index (χ4n) is 1.94. The van der Waals surface area contributed by atoms with Crippen LogP contribution in [0, 0.1) is 5.82 Å². The van der Waals surface area contributed by atoms with Crippen LogP contribution in [0.1, 0.15) is 11.8 Å². The third kappa shape index (κ3) is 4.73. The Hall–Kier alpha value is -2.51. The number of pyridine rings is 1. The molecule has 0 saturated heterocycles. The van der Waals surface area contributed by atoms with Crippen LogP contribution >= 0.6 is 0 Å². The Bertz CT molecular complexity index is 639. The number of carbonyl (C=O) groups excluding carboxylic acids is 1. The van der Waals surface area contributed by atoms with Crippen LogP contribution in [0.3, 0.4) is 0 Å². The fourth-order valence-corrected chi connectivity index (χ4v) is 1.94. The van der Waals surface area contributed by atoms with Crippen LogP contribution in [0.4, 0.5) is 4.39 Å². The van der Waals surface area contributed by atoms with Gasteiger partial charge in [0.2, 0.25) is 0 Å². The Morgan fingerprint density at radius 1 is 1.26 bits per heavy atom. The number of amides is 1. The number of carbonyl (C=O) groups is 1. The molecule has 2 unspecified atom stereocenters. The number of nitrogens with zero attached hydrogens (tertiary/aromatic N) is 1. The monoisotopic (exact) mass is 320 g/mol. The van der Waals surface area contributed by atoms with Crippen molar-refractivity contribution < 1.29 is 24.1 Å². The van der Waals surface area contributed by atoms with Crippen LogP contribution in [0.2, 0.25) is 0 Å². The molecule has 0 fully saturated rings. The van der Waals surface area contributed by atoms with Gasteiger partial charge in [0.25, 0.3) is 5.91 Å². The number of rotatable bonds is 7. The highest BCUT2D eigenvalue weighted by atomic mass is 19.1. The van der Waals surface area contributed by atoms with Crippen molar-refractivity contribution in [3.8, 4) is 5.75 Å². The molecule has 6 nitrogen and oxygen atoms in total. The third-order valence-corrected chi connectivity index (χ3v) is 3.11. The molecule has 1 aromatic heterocycles. The summed E-state index contributed by atoms with van der Waals surface area (Å²) in [4.78, 5) is 15.8. The van der Waals surface area contributed by atoms with Crippen LogP contribution < -0.4 is 10.1 Å². The molecular formula is C16H17FN2O4. The molecule has 0 spiro atoms. The minimum absolute atomic E-state index is 0.0477. The molecule has 0 saturated carbocycles. The average molecular weight is 320 g/mol. The number of benzene rings is 1. The standard InChI is InChI=1S/C16H17FN2O4/c17-11-5-1-2-7-14(11)23-10-15(21)19-13(9-20)16(22)12-6-3-4-8-18-12/h1-8,13,16,20,22H,9-10H2,(H,19,21). The summed E-state index contributed by atoms with van der Waals surface area (Å²) < 4.78 is 18.4. The molecule has 7 heteroatoms. The van der Waals surface area contributed by atoms with Gasteiger partial charge in [0.15, 0.2) is 18.2 Å². The molecule has 0 aliphatic heterocycles. The minimum Gasteiger partial charge on any atom is -0.481 e. The first-order valence-corrected chi connectivity index (χ1v) is 6.98. The molecule has 2 rings (SSSR count). The van der Waals surface area contributed by atoms with E-state index in [9.17, 15) is 19.4 Å². The van der Waals surface area contributed by atoms with Gasteiger partial charge in [-0.15, -0.1) is 0 Å². The summed E-state index contributed by atoms with van der Waals surface area (Å²) in [6, 6.07) is 9.71. The van der Waals surface area contributed by atoms with Crippen molar-refractivity contribution in [3.63, 3.8) is 0 Å². The second kappa shape index (κ2) is 8.21. The highest BCUT2D eigenvalue weighted by Gasteiger charge is 2.23. The molecule has 0 aliphatic rings. The Labute approximate surface area is 132 Å². The Kier molecular flexibility index (Phi) is 6.02. The summed E-state index contributed by atoms with van der Waals surface area (Å²) in [6.07, 6.45) is 0.328. The molecule has 2 aromatic rings. The van der Waals surface area contributed by atoms with Gasteiger partial charge in [-0.1, -0.05) is 18.2 Å². The number of para-hydroxylation sites is 1. The van der Waals surface area contributed by atoms with E-state index < -0.39 is 37.1 Å². The second-order valence-electron chi connectivity index (χ2n) is 4.78. The summed E-state index contributed by atoms with van der Waals surface area (Å²) >= 11 is 0. The van der Waals surface area contributed by atoms with E-state index in [0.29, 0.717) is 5.69 Å². The van der Waals surface area contributed by atoms with Gasteiger partial charge in [-0.05, 0) is 24.3 Å². The lowest BCUT2D eigenvalue weighted by molar-refractivity contribution is -0.125. The fraction of sp³-hybridized carbons (Fsp3) is 0.250. The maximum Gasteiger partial charge on any atom is 0.258 e. The number of halogens is 1. The Morgan fingerprint density at radius 2 is 2.00 bits per heavy atom. The molecule has 1 heterocycles. The van der Waals surface area contributed by atoms with Gasteiger partial charge in [0, 0.05) is 6.20 Å². The van der Waals surface area contributed by atoms with Crippen LogP contribution in [-0.2, 0) is 4.79 Å². The lowest BCUT2D eigenvalue weighted by Crippen LogP contribution is -2.44. The number of hydrogen-bond donors (Lipinski definition) is 3. The van der Waals surface area contributed by atoms with Gasteiger partial charge in [-0.3, -0.25) is 9.78 Å². The second-order valence-corrected chi connectivity index (χ2v) is 4.78. The summed E-state index contributed by atoms with van der Waals surface area (Å²) in [6.45, 7) is -0.921. The average Bonchev–Trinajstić information content (AvgIpc) is 2.59. The molecule has 0 aliphatic carbocycles. The van der Waals surface area contributed by atoms with E-state index in [0.717, 1.165) is 0 Å². The molecule has 2 atom stereocenters. The van der Waals surface area contributed by atoms with E-state index in [2.05, 4.69) is 10.3 Å². The highest BCUT2D eigenvalue weighted by Crippen LogP contribution is 2.16. The van der Waals surface area contributed by atoms with Crippen molar-refractivity contribution in [2.45, 2.75) is 12.1 Å². The summed E-state index contributed by atoms with van der Waals surface area (Å²) in [5, 5.41) is 21.9. The highest BCUT2D eigenvalue weighted by molar-refractivity contribution is 5.78.